The van der Waals surface area contributed by atoms with E-state index in [9.17, 15) is 23.8 Å². The van der Waals surface area contributed by atoms with Crippen molar-refractivity contribution in [2.24, 2.45) is 5.92 Å². The summed E-state index contributed by atoms with van der Waals surface area (Å²) in [5, 5.41) is 0. The molecule has 0 saturated carbocycles. The predicted molar refractivity (Wildman–Crippen MR) is 246 cm³/mol. The molecule has 0 radical (unpaired) electrons. The number of aromatic nitrogens is 6. The van der Waals surface area contributed by atoms with Gasteiger partial charge in [-0.1, -0.05) is 96.8 Å². The number of anilines is 1. The molecule has 9 atom stereocenters. The Morgan fingerprint density at radius 1 is 0.894 bits per heavy atom. The molecule has 3 aromatic rings. The van der Waals surface area contributed by atoms with Gasteiger partial charge in [-0.3, -0.25) is 32.8 Å². The number of carbonyl (C=O) groups excluding carboxylic acids is 1. The number of fused-ring (bicyclic) bond motifs is 1. The molecule has 0 aliphatic carbocycles. The van der Waals surface area contributed by atoms with E-state index in [0.29, 0.717) is 6.42 Å². The van der Waals surface area contributed by atoms with Crippen molar-refractivity contribution in [3.05, 3.63) is 45.8 Å². The van der Waals surface area contributed by atoms with Gasteiger partial charge < -0.3 is 34.5 Å². The lowest BCUT2D eigenvalue weighted by atomic mass is 9.93. The lowest BCUT2D eigenvalue weighted by Gasteiger charge is -2.31. The van der Waals surface area contributed by atoms with Gasteiger partial charge in [0.2, 0.25) is 5.91 Å². The van der Waals surface area contributed by atoms with Gasteiger partial charge in [-0.2, -0.15) is 0 Å². The molecule has 372 valence electrons. The summed E-state index contributed by atoms with van der Waals surface area (Å²) in [6.07, 6.45) is 11.2. The van der Waals surface area contributed by atoms with Crippen molar-refractivity contribution in [2.45, 2.75) is 193 Å². The number of amides is 1. The standard InChI is InChI=1S/C45H74FN8O11P/c1-7-8-9-10-11-12-13-14-15-16-17-18-19-20-21-23-52(36(56)25-32-34(27-61-30(2)3)63-44(39(32)60-6)53-24-22-35(55)51-45(53)57)26-33-40(65-66(58,59)64-31(4)5)37(46)43(62-33)54-29-50-38-41(47)48-28-49-42(38)54/h22,24,28-34,37,39-40,43-44H,7-21,23,25-27H2,1-6H3,(H,58,59)(H2,47,48,49)(H,51,55,57)/t32-,33-,34-,37-,39-,40-,43-,44-/m1/s1. The molecule has 2 aliphatic heterocycles. The molecule has 4 N–H and O–H groups in total. The van der Waals surface area contributed by atoms with Gasteiger partial charge >= 0.3 is 13.5 Å². The number of hydrogen-bond donors (Lipinski definition) is 3. The molecule has 2 saturated heterocycles. The number of carbonyl (C=O) groups is 1. The summed E-state index contributed by atoms with van der Waals surface area (Å²) in [7, 11) is -3.39. The maximum atomic E-state index is 16.8. The highest BCUT2D eigenvalue weighted by molar-refractivity contribution is 7.47. The maximum absolute atomic E-state index is 16.8. The highest BCUT2D eigenvalue weighted by atomic mass is 31.2. The van der Waals surface area contributed by atoms with Gasteiger partial charge in [-0.25, -0.2) is 28.7 Å². The lowest BCUT2D eigenvalue weighted by molar-refractivity contribution is -0.137. The Hall–Kier alpha value is -3.62. The number of ether oxygens (including phenoxy) is 4. The number of imidazole rings is 1. The Labute approximate surface area is 387 Å². The summed E-state index contributed by atoms with van der Waals surface area (Å²) >= 11 is 0. The minimum Gasteiger partial charge on any atom is -0.382 e. The van der Waals surface area contributed by atoms with Crippen LogP contribution in [0.2, 0.25) is 0 Å². The molecule has 66 heavy (non-hydrogen) atoms. The van der Waals surface area contributed by atoms with Crippen molar-refractivity contribution in [3.63, 3.8) is 0 Å². The molecule has 21 heteroatoms. The van der Waals surface area contributed by atoms with E-state index in [2.05, 4.69) is 26.9 Å². The van der Waals surface area contributed by atoms with Crippen LogP contribution in [-0.2, 0) is 37.4 Å². The number of phosphoric ester groups is 1. The number of nitrogens with one attached hydrogen (secondary N) is 1. The van der Waals surface area contributed by atoms with Crippen LogP contribution in [0.25, 0.3) is 11.2 Å². The van der Waals surface area contributed by atoms with Crippen molar-refractivity contribution in [3.8, 4) is 0 Å². The molecule has 0 aromatic carbocycles. The molecule has 1 amide bonds. The zero-order chi connectivity index (χ0) is 47.8. The molecule has 1 unspecified atom stereocenters. The van der Waals surface area contributed by atoms with E-state index < -0.39 is 74.1 Å². The molecule has 5 heterocycles. The fourth-order valence-corrected chi connectivity index (χ4v) is 10.00. The zero-order valence-corrected chi connectivity index (χ0v) is 40.5. The van der Waals surface area contributed by atoms with Gasteiger partial charge in [0.05, 0.1) is 31.2 Å². The lowest BCUT2D eigenvalue weighted by Crippen LogP contribution is -2.45. The molecular formula is C45H74FN8O11P. The number of rotatable bonds is 30. The van der Waals surface area contributed by atoms with Crippen molar-refractivity contribution < 1.29 is 46.6 Å². The monoisotopic (exact) mass is 953 g/mol. The number of halogens is 1. The first-order valence-corrected chi connectivity index (χ1v) is 25.4. The first-order chi connectivity index (χ1) is 31.6. The third kappa shape index (κ3) is 15.2. The number of phosphoric acid groups is 1. The van der Waals surface area contributed by atoms with E-state index in [1.807, 2.05) is 13.8 Å². The number of nitrogen functional groups attached to an aromatic ring is 1. The zero-order valence-electron chi connectivity index (χ0n) is 39.6. The number of methoxy groups -OCH3 is 1. The van der Waals surface area contributed by atoms with Crippen LogP contribution >= 0.6 is 7.82 Å². The Balaban J connectivity index is 1.34. The van der Waals surface area contributed by atoms with Crippen molar-refractivity contribution in [1.82, 2.24) is 34.0 Å². The van der Waals surface area contributed by atoms with Gasteiger partial charge in [0.25, 0.3) is 5.56 Å². The molecule has 3 aromatic heterocycles. The quantitative estimate of drug-likeness (QED) is 0.0444. The Morgan fingerprint density at radius 3 is 2.11 bits per heavy atom. The number of nitrogens with zero attached hydrogens (tertiary/aromatic N) is 6. The fraction of sp³-hybridized carbons (Fsp3) is 0.778. The number of alkyl halides is 1. The van der Waals surface area contributed by atoms with E-state index in [1.54, 1.807) is 18.7 Å². The van der Waals surface area contributed by atoms with Crippen LogP contribution in [0.15, 0.2) is 34.5 Å². The summed E-state index contributed by atoms with van der Waals surface area (Å²) in [6, 6.07) is 1.20. The van der Waals surface area contributed by atoms with Crippen LogP contribution in [-0.4, -0.2) is 114 Å². The Morgan fingerprint density at radius 2 is 1.52 bits per heavy atom. The van der Waals surface area contributed by atoms with Crippen LogP contribution in [0.4, 0.5) is 10.2 Å². The molecule has 2 fully saturated rings. The number of aromatic amines is 1. The normalized spacial score (nSPS) is 24.2. The summed E-state index contributed by atoms with van der Waals surface area (Å²) < 4.78 is 68.0. The second-order valence-corrected chi connectivity index (χ2v) is 19.5. The van der Waals surface area contributed by atoms with Gasteiger partial charge in [-0.05, 0) is 34.1 Å². The highest BCUT2D eigenvalue weighted by Crippen LogP contribution is 2.50. The van der Waals surface area contributed by atoms with Crippen LogP contribution in [0, 0.1) is 5.92 Å². The van der Waals surface area contributed by atoms with Crippen molar-refractivity contribution >= 4 is 30.7 Å². The predicted octanol–water partition coefficient (Wildman–Crippen LogP) is 7.15. The largest absolute Gasteiger partial charge is 0.472 e. The van der Waals surface area contributed by atoms with Crippen LogP contribution in [0.3, 0.4) is 0 Å². The Kier molecular flexibility index (Phi) is 21.2. The molecule has 0 bridgehead atoms. The first kappa shape index (κ1) is 53.3. The van der Waals surface area contributed by atoms with Gasteiger partial charge in [0.15, 0.2) is 30.1 Å². The number of H-pyrrole nitrogens is 1. The van der Waals surface area contributed by atoms with Crippen molar-refractivity contribution in [1.29, 1.82) is 0 Å². The number of unbranched alkanes of at least 4 members (excludes halogenated alkanes) is 14. The molecule has 19 nitrogen and oxygen atoms in total. The van der Waals surface area contributed by atoms with Crippen molar-refractivity contribution in [2.75, 3.05) is 32.5 Å². The average Bonchev–Trinajstić information content (AvgIpc) is 3.93. The second kappa shape index (κ2) is 26.2. The maximum Gasteiger partial charge on any atom is 0.472 e. The number of nitrogens with two attached hydrogens (primary N) is 1. The van der Waals surface area contributed by atoms with Crippen LogP contribution in [0.1, 0.15) is 150 Å². The smallest absolute Gasteiger partial charge is 0.382 e. The first-order valence-electron chi connectivity index (χ1n) is 23.9. The third-order valence-electron chi connectivity index (χ3n) is 12.2. The average molecular weight is 953 g/mol. The minimum atomic E-state index is -4.85. The summed E-state index contributed by atoms with van der Waals surface area (Å²) in [5.74, 6) is -0.941. The SMILES string of the molecule is CCCCCCCCCCCCCCCCCN(C[C@H]1O[C@@H](n2cnc3c(N)ncnc32)[C@H](F)[C@@H]1OP(=O)(O)OC(C)C)C(=O)C[C@H]1[C@@H](OC)[C@H](n2ccc(=O)[nH]c2=O)O[C@@H]1COC(C)C. The van der Waals surface area contributed by atoms with Gasteiger partial charge in [0, 0.05) is 44.8 Å². The third-order valence-corrected chi connectivity index (χ3v) is 13.4. The summed E-state index contributed by atoms with van der Waals surface area (Å²) in [6.45, 7) is 9.15. The minimum absolute atomic E-state index is 0.0667. The summed E-state index contributed by atoms with van der Waals surface area (Å²) in [4.78, 5) is 66.8. The second-order valence-electron chi connectivity index (χ2n) is 18.1. The summed E-state index contributed by atoms with van der Waals surface area (Å²) in [5.41, 5.74) is 5.12. The topological polar surface area (TPSA) is 237 Å². The number of hydrogen-bond acceptors (Lipinski definition) is 14. The van der Waals surface area contributed by atoms with E-state index in [0.717, 1.165) is 25.7 Å². The van der Waals surface area contributed by atoms with E-state index in [4.69, 9.17) is 33.7 Å². The van der Waals surface area contributed by atoms with Crippen LogP contribution < -0.4 is 17.0 Å². The molecule has 2 aliphatic rings. The Bertz CT molecular complexity index is 2110. The van der Waals surface area contributed by atoms with Gasteiger partial charge in [0.1, 0.15) is 30.2 Å². The van der Waals surface area contributed by atoms with E-state index in [-0.39, 0.29) is 55.1 Å². The molecular weight excluding hydrogens is 879 g/mol. The highest BCUT2D eigenvalue weighted by Gasteiger charge is 2.52. The van der Waals surface area contributed by atoms with E-state index in [1.165, 1.54) is 105 Å². The molecule has 5 rings (SSSR count). The van der Waals surface area contributed by atoms with E-state index >= 15 is 4.39 Å². The van der Waals surface area contributed by atoms with Crippen LogP contribution in [0.5, 0.6) is 0 Å². The van der Waals surface area contributed by atoms with Gasteiger partial charge in [-0.15, -0.1) is 0 Å². The fourth-order valence-electron chi connectivity index (χ4n) is 8.85. The molecule has 0 spiro atoms.